The smallest absolute Gasteiger partial charge is 0.151 e. The summed E-state index contributed by atoms with van der Waals surface area (Å²) >= 11 is 5.93. The van der Waals surface area contributed by atoms with Crippen molar-refractivity contribution in [3.63, 3.8) is 0 Å². The number of nitrogens with two attached hydrogens (primary N) is 1. The first-order valence-electron chi connectivity index (χ1n) is 6.20. The van der Waals surface area contributed by atoms with E-state index < -0.39 is 0 Å². The normalized spacial score (nSPS) is 11.4. The summed E-state index contributed by atoms with van der Waals surface area (Å²) in [4.78, 5) is 0. The molecular formula is C16H18ClNO. The van der Waals surface area contributed by atoms with E-state index in [2.05, 4.69) is 32.9 Å². The number of hydrogen-bond acceptors (Lipinski definition) is 2. The van der Waals surface area contributed by atoms with Crippen molar-refractivity contribution in [1.29, 1.82) is 0 Å². The van der Waals surface area contributed by atoms with Gasteiger partial charge in [0.05, 0.1) is 5.69 Å². The standard InChI is InChI=1S/C16H18ClNO/c1-16(2,3)11-4-7-13(8-5-11)19-15-10-12(17)6-9-14(15)18/h4-10H,18H2,1-3H3. The second-order valence-corrected chi connectivity index (χ2v) is 6.00. The monoisotopic (exact) mass is 275 g/mol. The molecule has 0 heterocycles. The van der Waals surface area contributed by atoms with E-state index in [0.29, 0.717) is 16.5 Å². The van der Waals surface area contributed by atoms with Crippen LogP contribution >= 0.6 is 11.6 Å². The second kappa shape index (κ2) is 5.14. The van der Waals surface area contributed by atoms with Gasteiger partial charge in [-0.2, -0.15) is 0 Å². The third-order valence-electron chi connectivity index (χ3n) is 2.92. The molecular weight excluding hydrogens is 258 g/mol. The van der Waals surface area contributed by atoms with Gasteiger partial charge in [-0.3, -0.25) is 0 Å². The fourth-order valence-corrected chi connectivity index (χ4v) is 1.91. The first-order chi connectivity index (χ1) is 8.86. The van der Waals surface area contributed by atoms with Crippen LogP contribution in [0.1, 0.15) is 26.3 Å². The maximum absolute atomic E-state index is 5.93. The topological polar surface area (TPSA) is 35.2 Å². The van der Waals surface area contributed by atoms with Crippen molar-refractivity contribution in [2.24, 2.45) is 0 Å². The molecule has 19 heavy (non-hydrogen) atoms. The lowest BCUT2D eigenvalue weighted by atomic mass is 9.87. The average Bonchev–Trinajstić information content (AvgIpc) is 2.33. The molecule has 2 nitrogen and oxygen atoms in total. The van der Waals surface area contributed by atoms with Crippen molar-refractivity contribution < 1.29 is 4.74 Å². The van der Waals surface area contributed by atoms with E-state index in [0.717, 1.165) is 5.75 Å². The molecule has 3 heteroatoms. The first-order valence-corrected chi connectivity index (χ1v) is 6.57. The molecule has 0 saturated heterocycles. The van der Waals surface area contributed by atoms with Crippen LogP contribution in [-0.2, 0) is 5.41 Å². The largest absolute Gasteiger partial charge is 0.455 e. The highest BCUT2D eigenvalue weighted by Crippen LogP contribution is 2.31. The molecule has 100 valence electrons. The number of rotatable bonds is 2. The highest BCUT2D eigenvalue weighted by molar-refractivity contribution is 6.30. The summed E-state index contributed by atoms with van der Waals surface area (Å²) in [6.07, 6.45) is 0. The lowest BCUT2D eigenvalue weighted by Crippen LogP contribution is -2.10. The zero-order valence-electron chi connectivity index (χ0n) is 11.4. The van der Waals surface area contributed by atoms with E-state index in [-0.39, 0.29) is 5.41 Å². The Morgan fingerprint density at radius 1 is 1.00 bits per heavy atom. The van der Waals surface area contributed by atoms with E-state index >= 15 is 0 Å². The fraction of sp³-hybridized carbons (Fsp3) is 0.250. The van der Waals surface area contributed by atoms with Crippen LogP contribution in [0, 0.1) is 0 Å². The Hall–Kier alpha value is -1.67. The number of benzene rings is 2. The van der Waals surface area contributed by atoms with Gasteiger partial charge in [0.25, 0.3) is 0 Å². The number of halogens is 1. The first kappa shape index (κ1) is 13.8. The van der Waals surface area contributed by atoms with Gasteiger partial charge in [-0.15, -0.1) is 0 Å². The molecule has 0 radical (unpaired) electrons. The van der Waals surface area contributed by atoms with E-state index in [1.165, 1.54) is 5.56 Å². The molecule has 2 aromatic carbocycles. The van der Waals surface area contributed by atoms with Gasteiger partial charge in [0.2, 0.25) is 0 Å². The van der Waals surface area contributed by atoms with Crippen LogP contribution in [0.15, 0.2) is 42.5 Å². The zero-order valence-corrected chi connectivity index (χ0v) is 12.2. The molecule has 2 N–H and O–H groups in total. The minimum atomic E-state index is 0.133. The second-order valence-electron chi connectivity index (χ2n) is 5.56. The van der Waals surface area contributed by atoms with Crippen molar-refractivity contribution >= 4 is 17.3 Å². The minimum Gasteiger partial charge on any atom is -0.455 e. The van der Waals surface area contributed by atoms with Gasteiger partial charge in [0.1, 0.15) is 5.75 Å². The predicted molar refractivity (Wildman–Crippen MR) is 81.1 cm³/mol. The molecule has 0 unspecified atom stereocenters. The molecule has 0 amide bonds. The van der Waals surface area contributed by atoms with E-state index in [1.807, 2.05) is 12.1 Å². The highest BCUT2D eigenvalue weighted by Gasteiger charge is 2.13. The third-order valence-corrected chi connectivity index (χ3v) is 3.16. The van der Waals surface area contributed by atoms with Crippen LogP contribution in [-0.4, -0.2) is 0 Å². The van der Waals surface area contributed by atoms with Gasteiger partial charge in [0, 0.05) is 11.1 Å². The van der Waals surface area contributed by atoms with Crippen LogP contribution in [0.2, 0.25) is 5.02 Å². The fourth-order valence-electron chi connectivity index (χ4n) is 1.75. The van der Waals surface area contributed by atoms with Crippen LogP contribution in [0.25, 0.3) is 0 Å². The SMILES string of the molecule is CC(C)(C)c1ccc(Oc2cc(Cl)ccc2N)cc1. The maximum Gasteiger partial charge on any atom is 0.151 e. The Labute approximate surface area is 119 Å². The number of anilines is 1. The van der Waals surface area contributed by atoms with Crippen molar-refractivity contribution in [2.75, 3.05) is 5.73 Å². The number of ether oxygens (including phenoxy) is 1. The third kappa shape index (κ3) is 3.42. The van der Waals surface area contributed by atoms with Gasteiger partial charge in [-0.25, -0.2) is 0 Å². The van der Waals surface area contributed by atoms with Gasteiger partial charge < -0.3 is 10.5 Å². The number of hydrogen-bond donors (Lipinski definition) is 1. The molecule has 0 aromatic heterocycles. The van der Waals surface area contributed by atoms with Crippen molar-refractivity contribution in [3.05, 3.63) is 53.1 Å². The quantitative estimate of drug-likeness (QED) is 0.782. The van der Waals surface area contributed by atoms with Crippen LogP contribution in [0.4, 0.5) is 5.69 Å². The summed E-state index contributed by atoms with van der Waals surface area (Å²) in [6, 6.07) is 13.2. The van der Waals surface area contributed by atoms with E-state index in [9.17, 15) is 0 Å². The summed E-state index contributed by atoms with van der Waals surface area (Å²) in [5.41, 5.74) is 7.82. The van der Waals surface area contributed by atoms with Gasteiger partial charge in [-0.1, -0.05) is 44.5 Å². The Kier molecular flexibility index (Phi) is 3.72. The van der Waals surface area contributed by atoms with Gasteiger partial charge in [-0.05, 0) is 35.2 Å². The zero-order chi connectivity index (χ0) is 14.0. The van der Waals surface area contributed by atoms with Crippen LogP contribution in [0.3, 0.4) is 0 Å². The Morgan fingerprint density at radius 3 is 2.21 bits per heavy atom. The van der Waals surface area contributed by atoms with Crippen molar-refractivity contribution in [2.45, 2.75) is 26.2 Å². The summed E-state index contributed by atoms with van der Waals surface area (Å²) in [7, 11) is 0. The van der Waals surface area contributed by atoms with Crippen LogP contribution < -0.4 is 10.5 Å². The minimum absolute atomic E-state index is 0.133. The Morgan fingerprint density at radius 2 is 1.63 bits per heavy atom. The molecule has 2 rings (SSSR count). The molecule has 2 aromatic rings. The van der Waals surface area contributed by atoms with Crippen molar-refractivity contribution in [3.8, 4) is 11.5 Å². The summed E-state index contributed by atoms with van der Waals surface area (Å²) in [5.74, 6) is 1.33. The number of nitrogen functional groups attached to an aromatic ring is 1. The Balaban J connectivity index is 2.22. The Bertz CT molecular complexity index is 570. The molecule has 0 fully saturated rings. The van der Waals surface area contributed by atoms with Crippen LogP contribution in [0.5, 0.6) is 11.5 Å². The molecule has 0 aliphatic carbocycles. The summed E-state index contributed by atoms with van der Waals surface area (Å²) < 4.78 is 5.75. The molecule has 0 atom stereocenters. The van der Waals surface area contributed by atoms with Gasteiger partial charge >= 0.3 is 0 Å². The van der Waals surface area contributed by atoms with Crippen molar-refractivity contribution in [1.82, 2.24) is 0 Å². The molecule has 0 saturated carbocycles. The lowest BCUT2D eigenvalue weighted by molar-refractivity contribution is 0.484. The summed E-state index contributed by atoms with van der Waals surface area (Å²) in [5, 5.41) is 0.607. The average molecular weight is 276 g/mol. The molecule has 0 aliphatic rings. The molecule has 0 aliphatic heterocycles. The highest BCUT2D eigenvalue weighted by atomic mass is 35.5. The van der Waals surface area contributed by atoms with Gasteiger partial charge in [0.15, 0.2) is 5.75 Å². The lowest BCUT2D eigenvalue weighted by Gasteiger charge is -2.19. The summed E-state index contributed by atoms with van der Waals surface area (Å²) in [6.45, 7) is 6.54. The van der Waals surface area contributed by atoms with E-state index in [1.54, 1.807) is 18.2 Å². The molecule has 0 spiro atoms. The molecule has 0 bridgehead atoms. The maximum atomic E-state index is 5.93. The van der Waals surface area contributed by atoms with E-state index in [4.69, 9.17) is 22.1 Å². The predicted octanol–water partition coefficient (Wildman–Crippen LogP) is 5.01.